The highest BCUT2D eigenvalue weighted by molar-refractivity contribution is 6.33. The third kappa shape index (κ3) is 3.68. The fraction of sp³-hybridized carbons (Fsp3) is 0.174. The van der Waals surface area contributed by atoms with Crippen LogP contribution in [0.15, 0.2) is 48.5 Å². The lowest BCUT2D eigenvalue weighted by Crippen LogP contribution is -2.36. The summed E-state index contributed by atoms with van der Waals surface area (Å²) in [6, 6.07) is 15.0. The van der Waals surface area contributed by atoms with Gasteiger partial charge in [0, 0.05) is 24.3 Å². The topological polar surface area (TPSA) is 91.3 Å². The van der Waals surface area contributed by atoms with Crippen LogP contribution in [-0.2, 0) is 0 Å². The van der Waals surface area contributed by atoms with Crippen LogP contribution in [0.2, 0.25) is 5.02 Å². The molecule has 5 rings (SSSR count). The molecule has 2 aromatic heterocycles. The van der Waals surface area contributed by atoms with Crippen molar-refractivity contribution in [2.24, 2.45) is 0 Å². The lowest BCUT2D eigenvalue weighted by molar-refractivity contribution is 0.0695. The molecule has 0 amide bonds. The number of hydrogen-bond donors (Lipinski definition) is 2. The van der Waals surface area contributed by atoms with Gasteiger partial charge in [0.25, 0.3) is 0 Å². The summed E-state index contributed by atoms with van der Waals surface area (Å²) in [7, 11) is 0. The Bertz CT molecular complexity index is 1300. The van der Waals surface area contributed by atoms with E-state index in [9.17, 15) is 9.90 Å². The third-order valence-corrected chi connectivity index (χ3v) is 5.71. The highest BCUT2D eigenvalue weighted by atomic mass is 35.5. The molecule has 8 heteroatoms. The van der Waals surface area contributed by atoms with E-state index >= 15 is 0 Å². The van der Waals surface area contributed by atoms with Crippen molar-refractivity contribution in [3.8, 4) is 23.0 Å². The van der Waals surface area contributed by atoms with Gasteiger partial charge in [0.2, 0.25) is 0 Å². The van der Waals surface area contributed by atoms with E-state index in [0.29, 0.717) is 33.2 Å². The molecule has 1 aliphatic heterocycles. The van der Waals surface area contributed by atoms with E-state index in [1.54, 1.807) is 25.1 Å². The molecule has 0 spiro atoms. The molecule has 0 atom stereocenters. The molecule has 156 valence electrons. The van der Waals surface area contributed by atoms with Gasteiger partial charge in [-0.05, 0) is 49.2 Å². The van der Waals surface area contributed by atoms with Gasteiger partial charge in [-0.15, -0.1) is 0 Å². The monoisotopic (exact) mass is 434 g/mol. The molecule has 7 nitrogen and oxygen atoms in total. The lowest BCUT2D eigenvalue weighted by atomic mass is 10.1. The minimum absolute atomic E-state index is 0.179. The number of nitrogens with one attached hydrogen (secondary N) is 1. The molecule has 0 aliphatic carbocycles. The summed E-state index contributed by atoms with van der Waals surface area (Å²) in [5, 5.41) is 9.80. The second-order valence-electron chi connectivity index (χ2n) is 7.50. The van der Waals surface area contributed by atoms with Crippen molar-refractivity contribution in [3.05, 3.63) is 64.7 Å². The smallest absolute Gasteiger partial charge is 0.336 e. The third-order valence-electron chi connectivity index (χ3n) is 5.42. The summed E-state index contributed by atoms with van der Waals surface area (Å²) in [6.07, 6.45) is 1.23. The summed E-state index contributed by atoms with van der Waals surface area (Å²) >= 11 is 6.49. The van der Waals surface area contributed by atoms with Crippen LogP contribution < -0.4 is 9.64 Å². The van der Waals surface area contributed by atoms with Crippen LogP contribution >= 0.6 is 11.6 Å². The number of halogens is 1. The van der Waals surface area contributed by atoms with Crippen LogP contribution in [0.3, 0.4) is 0 Å². The highest BCUT2D eigenvalue weighted by Gasteiger charge is 2.16. The molecule has 2 aromatic carbocycles. The first-order valence-electron chi connectivity index (χ1n) is 9.91. The molecule has 4 aromatic rings. The lowest BCUT2D eigenvalue weighted by Gasteiger charge is -2.33. The van der Waals surface area contributed by atoms with Gasteiger partial charge in [-0.3, -0.25) is 0 Å². The van der Waals surface area contributed by atoms with Crippen molar-refractivity contribution in [3.63, 3.8) is 0 Å². The Morgan fingerprint density at radius 2 is 1.90 bits per heavy atom. The van der Waals surface area contributed by atoms with Crippen LogP contribution in [-0.4, -0.2) is 39.1 Å². The van der Waals surface area contributed by atoms with Crippen molar-refractivity contribution < 1.29 is 14.6 Å². The molecule has 31 heavy (non-hydrogen) atoms. The average Bonchev–Trinajstić information content (AvgIpc) is 3.09. The molecule has 0 unspecified atom stereocenters. The van der Waals surface area contributed by atoms with E-state index in [1.165, 1.54) is 18.2 Å². The van der Waals surface area contributed by atoms with E-state index < -0.39 is 5.97 Å². The van der Waals surface area contributed by atoms with Gasteiger partial charge in [-0.1, -0.05) is 29.8 Å². The second kappa shape index (κ2) is 7.59. The predicted octanol–water partition coefficient (Wildman–Crippen LogP) is 5.29. The first-order valence-corrected chi connectivity index (χ1v) is 10.3. The Morgan fingerprint density at radius 1 is 1.13 bits per heavy atom. The van der Waals surface area contributed by atoms with E-state index in [0.717, 1.165) is 18.7 Å². The molecule has 1 aliphatic rings. The maximum Gasteiger partial charge on any atom is 0.336 e. The number of carboxylic acid groups (broad SMARTS) is 1. The number of hydrogen-bond acceptors (Lipinski definition) is 5. The van der Waals surface area contributed by atoms with E-state index in [1.807, 2.05) is 12.1 Å². The summed E-state index contributed by atoms with van der Waals surface area (Å²) in [4.78, 5) is 25.7. The molecule has 0 radical (unpaired) electrons. The van der Waals surface area contributed by atoms with Crippen LogP contribution in [0.1, 0.15) is 22.3 Å². The molecule has 2 N–H and O–H groups in total. The number of rotatable bonds is 5. The standard InChI is InChI=1S/C23H19ClN4O3/c1-13-3-8-16(11-17(13)22(29)30)31-23-25-19-12-18(24)20(26-21(19)27-23)14-4-6-15(7-5-14)28-9-2-10-28/h3-8,11-12H,2,9-10H2,1H3,(H,29,30)(H,25,26,27). The number of carboxylic acids is 1. The Morgan fingerprint density at radius 3 is 2.58 bits per heavy atom. The average molecular weight is 435 g/mol. The second-order valence-corrected chi connectivity index (χ2v) is 7.91. The summed E-state index contributed by atoms with van der Waals surface area (Å²) in [5.74, 6) is -0.638. The predicted molar refractivity (Wildman–Crippen MR) is 119 cm³/mol. The number of ether oxygens (including phenoxy) is 1. The van der Waals surface area contributed by atoms with Gasteiger partial charge in [0.05, 0.1) is 21.8 Å². The summed E-state index contributed by atoms with van der Waals surface area (Å²) in [6.45, 7) is 3.92. The number of carbonyl (C=O) groups is 1. The number of fused-ring (bicyclic) bond motifs is 1. The Balaban J connectivity index is 1.44. The normalized spacial score (nSPS) is 13.3. The first kappa shape index (κ1) is 19.4. The first-order chi connectivity index (χ1) is 15.0. The fourth-order valence-electron chi connectivity index (χ4n) is 3.56. The van der Waals surface area contributed by atoms with Gasteiger partial charge >= 0.3 is 12.0 Å². The molecule has 1 saturated heterocycles. The Hall–Kier alpha value is -3.58. The number of aryl methyl sites for hydroxylation is 1. The molecular weight excluding hydrogens is 416 g/mol. The molecule has 3 heterocycles. The van der Waals surface area contributed by atoms with E-state index in [4.69, 9.17) is 16.3 Å². The van der Waals surface area contributed by atoms with Crippen molar-refractivity contribution in [2.75, 3.05) is 18.0 Å². The number of imidazole rings is 1. The molecule has 0 bridgehead atoms. The van der Waals surface area contributed by atoms with Crippen LogP contribution in [0.4, 0.5) is 5.69 Å². The maximum absolute atomic E-state index is 11.3. The van der Waals surface area contributed by atoms with Crippen molar-refractivity contribution in [1.82, 2.24) is 15.0 Å². The number of nitrogens with zero attached hydrogens (tertiary/aromatic N) is 3. The number of H-pyrrole nitrogens is 1. The number of pyridine rings is 1. The van der Waals surface area contributed by atoms with Crippen molar-refractivity contribution >= 4 is 34.4 Å². The van der Waals surface area contributed by atoms with Gasteiger partial charge in [0.1, 0.15) is 5.75 Å². The van der Waals surface area contributed by atoms with Gasteiger partial charge < -0.3 is 19.7 Å². The zero-order valence-corrected chi connectivity index (χ0v) is 17.5. The minimum atomic E-state index is -1.01. The SMILES string of the molecule is Cc1ccc(Oc2nc3nc(-c4ccc(N5CCC5)cc4)c(Cl)cc3[nH]2)cc1C(=O)O. The largest absolute Gasteiger partial charge is 0.478 e. The van der Waals surface area contributed by atoms with Crippen molar-refractivity contribution in [1.29, 1.82) is 0 Å². The molecular formula is C23H19ClN4O3. The zero-order chi connectivity index (χ0) is 21.5. The highest BCUT2D eigenvalue weighted by Crippen LogP contribution is 2.32. The van der Waals surface area contributed by atoms with Crippen LogP contribution in [0.5, 0.6) is 11.8 Å². The fourth-order valence-corrected chi connectivity index (χ4v) is 3.82. The van der Waals surface area contributed by atoms with E-state index in [2.05, 4.69) is 32.0 Å². The maximum atomic E-state index is 11.3. The zero-order valence-electron chi connectivity index (χ0n) is 16.7. The Labute approximate surface area is 183 Å². The minimum Gasteiger partial charge on any atom is -0.478 e. The number of benzene rings is 2. The quantitative estimate of drug-likeness (QED) is 0.443. The van der Waals surface area contributed by atoms with Crippen LogP contribution in [0, 0.1) is 6.92 Å². The van der Waals surface area contributed by atoms with Crippen molar-refractivity contribution in [2.45, 2.75) is 13.3 Å². The van der Waals surface area contributed by atoms with Gasteiger partial charge in [-0.2, -0.15) is 4.98 Å². The number of aromatic carboxylic acids is 1. The van der Waals surface area contributed by atoms with Crippen LogP contribution in [0.25, 0.3) is 22.4 Å². The van der Waals surface area contributed by atoms with Gasteiger partial charge in [-0.25, -0.2) is 9.78 Å². The van der Waals surface area contributed by atoms with Gasteiger partial charge in [0.15, 0.2) is 5.65 Å². The number of anilines is 1. The Kier molecular flexibility index (Phi) is 4.75. The number of aromatic nitrogens is 3. The summed E-state index contributed by atoms with van der Waals surface area (Å²) < 4.78 is 5.74. The summed E-state index contributed by atoms with van der Waals surface area (Å²) in [5.41, 5.74) is 4.68. The molecule has 1 fully saturated rings. The molecule has 0 saturated carbocycles. The van der Waals surface area contributed by atoms with E-state index in [-0.39, 0.29) is 11.6 Å². The number of aromatic amines is 1.